The molecule has 120 valence electrons. The highest BCUT2D eigenvalue weighted by Crippen LogP contribution is 2.22. The van der Waals surface area contributed by atoms with E-state index >= 15 is 0 Å². The molecule has 0 spiro atoms. The van der Waals surface area contributed by atoms with Crippen molar-refractivity contribution in [3.05, 3.63) is 22.8 Å². The number of aromatic nitrogens is 1. The Morgan fingerprint density at radius 1 is 1.38 bits per heavy atom. The van der Waals surface area contributed by atoms with Crippen molar-refractivity contribution in [1.82, 2.24) is 10.3 Å². The van der Waals surface area contributed by atoms with E-state index in [1.807, 2.05) is 23.9 Å². The smallest absolute Gasteiger partial charge is 0.128 e. The van der Waals surface area contributed by atoms with Crippen LogP contribution in [0.1, 0.15) is 39.8 Å². The van der Waals surface area contributed by atoms with Crippen molar-refractivity contribution in [3.8, 4) is 0 Å². The van der Waals surface area contributed by atoms with E-state index in [1.165, 1.54) is 0 Å². The van der Waals surface area contributed by atoms with Gasteiger partial charge >= 0.3 is 0 Å². The van der Waals surface area contributed by atoms with Crippen molar-refractivity contribution >= 4 is 29.2 Å². The molecule has 5 heteroatoms. The molecule has 0 saturated heterocycles. The lowest BCUT2D eigenvalue weighted by Gasteiger charge is -2.28. The largest absolute Gasteiger partial charge is 0.356 e. The van der Waals surface area contributed by atoms with Crippen LogP contribution >= 0.6 is 23.4 Å². The summed E-state index contributed by atoms with van der Waals surface area (Å²) in [6, 6.07) is 4.45. The zero-order chi connectivity index (χ0) is 16.0. The predicted molar refractivity (Wildman–Crippen MR) is 96.7 cm³/mol. The highest BCUT2D eigenvalue weighted by Gasteiger charge is 2.16. The topological polar surface area (TPSA) is 28.2 Å². The SMILES string of the molecule is CCC(CSC)N(C)c1ccc(Cl)c(CNC(C)(C)C)n1. The summed E-state index contributed by atoms with van der Waals surface area (Å²) in [6.45, 7) is 9.33. The van der Waals surface area contributed by atoms with Gasteiger partial charge in [0.25, 0.3) is 0 Å². The zero-order valence-electron chi connectivity index (χ0n) is 14.0. The molecule has 1 unspecified atom stereocenters. The molecule has 0 bridgehead atoms. The molecule has 0 fully saturated rings. The highest BCUT2D eigenvalue weighted by atomic mass is 35.5. The number of hydrogen-bond acceptors (Lipinski definition) is 4. The van der Waals surface area contributed by atoms with Gasteiger partial charge in [-0.1, -0.05) is 18.5 Å². The van der Waals surface area contributed by atoms with E-state index in [0.717, 1.165) is 28.7 Å². The minimum atomic E-state index is 0.0533. The number of hydrogen-bond donors (Lipinski definition) is 1. The lowest BCUT2D eigenvalue weighted by Crippen LogP contribution is -2.36. The van der Waals surface area contributed by atoms with Crippen molar-refractivity contribution in [2.75, 3.05) is 24.0 Å². The fourth-order valence-corrected chi connectivity index (χ4v) is 3.04. The summed E-state index contributed by atoms with van der Waals surface area (Å²) in [5.74, 6) is 2.10. The molecule has 1 heterocycles. The molecule has 1 N–H and O–H groups in total. The third kappa shape index (κ3) is 6.05. The summed E-state index contributed by atoms with van der Waals surface area (Å²) in [5, 5.41) is 4.17. The first-order chi connectivity index (χ1) is 9.78. The van der Waals surface area contributed by atoms with Gasteiger partial charge in [0.05, 0.1) is 10.7 Å². The average molecular weight is 330 g/mol. The Bertz CT molecular complexity index is 446. The van der Waals surface area contributed by atoms with E-state index in [4.69, 9.17) is 16.6 Å². The van der Waals surface area contributed by atoms with Gasteiger partial charge in [-0.05, 0) is 45.6 Å². The lowest BCUT2D eigenvalue weighted by atomic mass is 10.1. The van der Waals surface area contributed by atoms with Crippen molar-refractivity contribution in [2.24, 2.45) is 0 Å². The fraction of sp³-hybridized carbons (Fsp3) is 0.688. The Balaban J connectivity index is 2.89. The fourth-order valence-electron chi connectivity index (χ4n) is 2.03. The average Bonchev–Trinajstić information content (AvgIpc) is 2.42. The van der Waals surface area contributed by atoms with Crippen LogP contribution in [0.3, 0.4) is 0 Å². The molecule has 0 amide bonds. The molecule has 0 saturated carbocycles. The second kappa shape index (κ2) is 8.25. The van der Waals surface area contributed by atoms with E-state index in [1.54, 1.807) is 0 Å². The molecule has 0 radical (unpaired) electrons. The van der Waals surface area contributed by atoms with Gasteiger partial charge in [-0.25, -0.2) is 4.98 Å². The minimum absolute atomic E-state index is 0.0533. The second-order valence-electron chi connectivity index (χ2n) is 6.33. The Kier molecular flexibility index (Phi) is 7.31. The Hall–Kier alpha value is -0.450. The first-order valence-corrected chi connectivity index (χ1v) is 9.18. The third-order valence-corrected chi connectivity index (χ3v) is 4.49. The minimum Gasteiger partial charge on any atom is -0.356 e. The lowest BCUT2D eigenvalue weighted by molar-refractivity contribution is 0.421. The van der Waals surface area contributed by atoms with Crippen LogP contribution in [-0.4, -0.2) is 35.6 Å². The highest BCUT2D eigenvalue weighted by molar-refractivity contribution is 7.98. The summed E-state index contributed by atoms with van der Waals surface area (Å²) < 4.78 is 0. The molecule has 1 rings (SSSR count). The third-order valence-electron chi connectivity index (χ3n) is 3.43. The molecule has 0 aliphatic rings. The maximum absolute atomic E-state index is 6.28. The summed E-state index contributed by atoms with van der Waals surface area (Å²) in [4.78, 5) is 7.01. The number of rotatable bonds is 7. The van der Waals surface area contributed by atoms with Gasteiger partial charge in [0.1, 0.15) is 5.82 Å². The molecule has 1 aromatic rings. The quantitative estimate of drug-likeness (QED) is 0.811. The molecular weight excluding hydrogens is 302 g/mol. The summed E-state index contributed by atoms with van der Waals surface area (Å²) >= 11 is 8.15. The monoisotopic (exact) mass is 329 g/mol. The predicted octanol–water partition coefficient (Wildman–Crippen LogP) is 4.20. The van der Waals surface area contributed by atoms with E-state index in [2.05, 4.69) is 51.2 Å². The van der Waals surface area contributed by atoms with E-state index in [0.29, 0.717) is 12.6 Å². The van der Waals surface area contributed by atoms with Crippen molar-refractivity contribution in [1.29, 1.82) is 0 Å². The molecule has 0 aliphatic heterocycles. The molecule has 0 aromatic carbocycles. The first-order valence-electron chi connectivity index (χ1n) is 7.40. The van der Waals surface area contributed by atoms with Gasteiger partial charge in [-0.15, -0.1) is 0 Å². The van der Waals surface area contributed by atoms with E-state index in [-0.39, 0.29) is 5.54 Å². The molecule has 1 aromatic heterocycles. The van der Waals surface area contributed by atoms with Gasteiger partial charge in [0, 0.05) is 30.9 Å². The zero-order valence-corrected chi connectivity index (χ0v) is 15.6. The second-order valence-corrected chi connectivity index (χ2v) is 7.65. The van der Waals surface area contributed by atoms with Crippen LogP contribution in [0.2, 0.25) is 5.02 Å². The number of nitrogens with zero attached hydrogens (tertiary/aromatic N) is 2. The van der Waals surface area contributed by atoms with Crippen LogP contribution in [0.15, 0.2) is 12.1 Å². The molecule has 1 atom stereocenters. The van der Waals surface area contributed by atoms with Gasteiger partial charge in [-0.2, -0.15) is 11.8 Å². The van der Waals surface area contributed by atoms with Crippen LogP contribution < -0.4 is 10.2 Å². The summed E-state index contributed by atoms with van der Waals surface area (Å²) in [5.41, 5.74) is 0.965. The van der Waals surface area contributed by atoms with Crippen molar-refractivity contribution in [2.45, 2.75) is 52.2 Å². The molecule has 0 aliphatic carbocycles. The molecule has 21 heavy (non-hydrogen) atoms. The maximum Gasteiger partial charge on any atom is 0.128 e. The van der Waals surface area contributed by atoms with Gasteiger partial charge in [-0.3, -0.25) is 0 Å². The number of pyridine rings is 1. The first kappa shape index (κ1) is 18.6. The van der Waals surface area contributed by atoms with Crippen LogP contribution in [0, 0.1) is 0 Å². The molecular formula is C16H28ClN3S. The maximum atomic E-state index is 6.28. The van der Waals surface area contributed by atoms with Crippen LogP contribution in [-0.2, 0) is 6.54 Å². The Morgan fingerprint density at radius 3 is 2.57 bits per heavy atom. The Morgan fingerprint density at radius 2 is 2.05 bits per heavy atom. The van der Waals surface area contributed by atoms with Crippen LogP contribution in [0.5, 0.6) is 0 Å². The number of halogens is 1. The van der Waals surface area contributed by atoms with Gasteiger partial charge in [0.2, 0.25) is 0 Å². The van der Waals surface area contributed by atoms with Gasteiger partial charge < -0.3 is 10.2 Å². The number of anilines is 1. The van der Waals surface area contributed by atoms with E-state index in [9.17, 15) is 0 Å². The normalized spacial score (nSPS) is 13.3. The van der Waals surface area contributed by atoms with Crippen molar-refractivity contribution in [3.63, 3.8) is 0 Å². The number of thioether (sulfide) groups is 1. The van der Waals surface area contributed by atoms with Crippen LogP contribution in [0.4, 0.5) is 5.82 Å². The van der Waals surface area contributed by atoms with Gasteiger partial charge in [0.15, 0.2) is 0 Å². The standard InChI is InChI=1S/C16H28ClN3S/c1-7-12(11-21-6)20(5)15-9-8-13(17)14(19-15)10-18-16(2,3)4/h8-9,12,18H,7,10-11H2,1-6H3. The Labute approximate surface area is 138 Å². The summed E-state index contributed by atoms with van der Waals surface area (Å²) in [7, 11) is 2.11. The van der Waals surface area contributed by atoms with E-state index < -0.39 is 0 Å². The number of nitrogens with one attached hydrogen (secondary N) is 1. The molecule has 3 nitrogen and oxygen atoms in total. The summed E-state index contributed by atoms with van der Waals surface area (Å²) in [6.07, 6.45) is 3.25. The van der Waals surface area contributed by atoms with Crippen molar-refractivity contribution < 1.29 is 0 Å². The van der Waals surface area contributed by atoms with Crippen LogP contribution in [0.25, 0.3) is 0 Å².